The Balaban J connectivity index is 2.29. The molecule has 0 saturated carbocycles. The SMILES string of the molecule is Clc1ccc(N=C=Nc2ccc(Cl)cc2I)c(I)c1. The largest absolute Gasteiger partial charge is 0.186 e. The molecule has 0 radical (unpaired) electrons. The van der Waals surface area contributed by atoms with Crippen LogP contribution in [0.1, 0.15) is 0 Å². The Labute approximate surface area is 148 Å². The second-order valence-corrected chi connectivity index (χ2v) is 6.71. The van der Waals surface area contributed by atoms with Crippen LogP contribution >= 0.6 is 68.4 Å². The van der Waals surface area contributed by atoms with Crippen LogP contribution in [0.25, 0.3) is 0 Å². The molecule has 0 amide bonds. The van der Waals surface area contributed by atoms with E-state index in [1.54, 1.807) is 12.1 Å². The maximum Gasteiger partial charge on any atom is 0.101 e. The Morgan fingerprint density at radius 2 is 1.21 bits per heavy atom. The molecule has 19 heavy (non-hydrogen) atoms. The molecule has 2 rings (SSSR count). The van der Waals surface area contributed by atoms with E-state index in [1.165, 1.54) is 0 Å². The summed E-state index contributed by atoms with van der Waals surface area (Å²) in [7, 11) is 0. The fourth-order valence-electron chi connectivity index (χ4n) is 1.28. The molecule has 96 valence electrons. The van der Waals surface area contributed by atoms with E-state index in [-0.39, 0.29) is 0 Å². The van der Waals surface area contributed by atoms with Crippen LogP contribution < -0.4 is 0 Å². The number of hydrogen-bond acceptors (Lipinski definition) is 2. The molecular weight excluding hydrogens is 509 g/mol. The summed E-state index contributed by atoms with van der Waals surface area (Å²) in [6.07, 6.45) is 0. The normalized spacial score (nSPS) is 9.89. The van der Waals surface area contributed by atoms with Gasteiger partial charge < -0.3 is 0 Å². The highest BCUT2D eigenvalue weighted by atomic mass is 127. The molecule has 0 heterocycles. The predicted octanol–water partition coefficient (Wildman–Crippen LogP) is 6.34. The third kappa shape index (κ3) is 4.43. The monoisotopic (exact) mass is 514 g/mol. The lowest BCUT2D eigenvalue weighted by molar-refractivity contribution is 1.46. The zero-order chi connectivity index (χ0) is 13.8. The average Bonchev–Trinajstić information content (AvgIpc) is 2.34. The summed E-state index contributed by atoms with van der Waals surface area (Å²) in [6, 6.07) is 13.6. The summed E-state index contributed by atoms with van der Waals surface area (Å²) in [5, 5.41) is 1.38. The standard InChI is InChI=1S/C13H6Cl2I2N2/c14-8-1-3-12(10(16)5-8)18-7-19-13-4-2-9(15)6-11(13)17/h1-6H. The number of rotatable bonds is 2. The molecule has 0 N–H and O–H groups in total. The minimum atomic E-state index is 0.688. The zero-order valence-electron chi connectivity index (χ0n) is 9.37. The van der Waals surface area contributed by atoms with Crippen molar-refractivity contribution in [1.82, 2.24) is 0 Å². The lowest BCUT2D eigenvalue weighted by Gasteiger charge is -1.97. The van der Waals surface area contributed by atoms with E-state index in [0.717, 1.165) is 18.5 Å². The summed E-state index contributed by atoms with van der Waals surface area (Å²) < 4.78 is 1.91. The smallest absolute Gasteiger partial charge is 0.101 e. The van der Waals surface area contributed by atoms with Gasteiger partial charge in [0.1, 0.15) is 6.01 Å². The van der Waals surface area contributed by atoms with Crippen molar-refractivity contribution in [2.24, 2.45) is 9.98 Å². The highest BCUT2D eigenvalue weighted by Crippen LogP contribution is 2.26. The van der Waals surface area contributed by atoms with E-state index in [0.29, 0.717) is 10.0 Å². The number of hydrogen-bond donors (Lipinski definition) is 0. The van der Waals surface area contributed by atoms with Crippen LogP contribution in [0.4, 0.5) is 11.4 Å². The van der Waals surface area contributed by atoms with Crippen LogP contribution in [0.5, 0.6) is 0 Å². The average molecular weight is 515 g/mol. The third-order valence-corrected chi connectivity index (χ3v) is 4.36. The van der Waals surface area contributed by atoms with Crippen molar-refractivity contribution in [3.8, 4) is 0 Å². The molecule has 0 bridgehead atoms. The fourth-order valence-corrected chi connectivity index (χ4v) is 3.26. The van der Waals surface area contributed by atoms with E-state index in [1.807, 2.05) is 24.3 Å². The maximum absolute atomic E-state index is 5.88. The first-order chi connectivity index (χ1) is 9.06. The Bertz CT molecular complexity index is 625. The lowest BCUT2D eigenvalue weighted by Crippen LogP contribution is -1.74. The first-order valence-electron chi connectivity index (χ1n) is 5.13. The van der Waals surface area contributed by atoms with Crippen molar-refractivity contribution < 1.29 is 0 Å². The van der Waals surface area contributed by atoms with Gasteiger partial charge in [-0.1, -0.05) is 23.2 Å². The van der Waals surface area contributed by atoms with E-state index < -0.39 is 0 Å². The molecule has 2 aromatic rings. The summed E-state index contributed by atoms with van der Waals surface area (Å²) in [4.78, 5) is 8.37. The van der Waals surface area contributed by atoms with Crippen LogP contribution in [0.2, 0.25) is 10.0 Å². The molecule has 0 aromatic heterocycles. The molecule has 0 aliphatic heterocycles. The third-order valence-electron chi connectivity index (χ3n) is 2.16. The maximum atomic E-state index is 5.88. The van der Waals surface area contributed by atoms with E-state index in [9.17, 15) is 0 Å². The van der Waals surface area contributed by atoms with Crippen LogP contribution in [-0.2, 0) is 0 Å². The van der Waals surface area contributed by atoms with Gasteiger partial charge in [-0.15, -0.1) is 0 Å². The van der Waals surface area contributed by atoms with Gasteiger partial charge in [-0.25, -0.2) is 0 Å². The molecule has 0 aliphatic carbocycles. The topological polar surface area (TPSA) is 24.7 Å². The molecular formula is C13H6Cl2I2N2. The van der Waals surface area contributed by atoms with Gasteiger partial charge in [-0.2, -0.15) is 9.98 Å². The molecule has 0 saturated heterocycles. The Morgan fingerprint density at radius 3 is 1.58 bits per heavy atom. The van der Waals surface area contributed by atoms with Crippen molar-refractivity contribution in [1.29, 1.82) is 0 Å². The van der Waals surface area contributed by atoms with E-state index in [4.69, 9.17) is 23.2 Å². The second-order valence-electron chi connectivity index (χ2n) is 3.52. The minimum Gasteiger partial charge on any atom is -0.186 e. The molecule has 6 heteroatoms. The van der Waals surface area contributed by atoms with Crippen LogP contribution in [0, 0.1) is 7.14 Å². The zero-order valence-corrected chi connectivity index (χ0v) is 15.2. The van der Waals surface area contributed by atoms with E-state index in [2.05, 4.69) is 61.2 Å². The molecule has 0 unspecified atom stereocenters. The van der Waals surface area contributed by atoms with Crippen molar-refractivity contribution in [3.05, 3.63) is 53.6 Å². The van der Waals surface area contributed by atoms with Crippen LogP contribution in [-0.4, -0.2) is 6.01 Å². The van der Waals surface area contributed by atoms with Crippen molar-refractivity contribution >= 4 is 85.8 Å². The Morgan fingerprint density at radius 1 is 0.789 bits per heavy atom. The molecule has 0 aliphatic rings. The Kier molecular flexibility index (Phi) is 5.65. The van der Waals surface area contributed by atoms with E-state index >= 15 is 0 Å². The first kappa shape index (κ1) is 15.3. The van der Waals surface area contributed by atoms with Gasteiger partial charge in [0.25, 0.3) is 0 Å². The van der Waals surface area contributed by atoms with Gasteiger partial charge in [-0.3, -0.25) is 0 Å². The van der Waals surface area contributed by atoms with Gasteiger partial charge in [0.15, 0.2) is 0 Å². The molecule has 2 nitrogen and oxygen atoms in total. The summed E-state index contributed by atoms with van der Waals surface area (Å²) in [5.74, 6) is 0. The predicted molar refractivity (Wildman–Crippen MR) is 97.5 cm³/mol. The molecule has 0 spiro atoms. The van der Waals surface area contributed by atoms with Crippen LogP contribution in [0.15, 0.2) is 46.4 Å². The summed E-state index contributed by atoms with van der Waals surface area (Å²) in [5.41, 5.74) is 1.58. The van der Waals surface area contributed by atoms with Crippen molar-refractivity contribution in [2.45, 2.75) is 0 Å². The fraction of sp³-hybridized carbons (Fsp3) is 0. The minimum absolute atomic E-state index is 0.688. The summed E-state index contributed by atoms with van der Waals surface area (Å²) >= 11 is 16.1. The molecule has 0 atom stereocenters. The molecule has 0 fully saturated rings. The van der Waals surface area contributed by atoms with Crippen LogP contribution in [0.3, 0.4) is 0 Å². The molecule has 2 aromatic carbocycles. The highest BCUT2D eigenvalue weighted by molar-refractivity contribution is 14.1. The summed E-state index contributed by atoms with van der Waals surface area (Å²) in [6.45, 7) is 0. The van der Waals surface area contributed by atoms with Crippen molar-refractivity contribution in [2.75, 3.05) is 0 Å². The quantitative estimate of drug-likeness (QED) is 0.330. The van der Waals surface area contributed by atoms with Gasteiger partial charge in [0, 0.05) is 17.2 Å². The number of aliphatic imine (C=N–C) groups is 2. The highest BCUT2D eigenvalue weighted by Gasteiger charge is 1.99. The van der Waals surface area contributed by atoms with Gasteiger partial charge in [0.05, 0.1) is 11.4 Å². The Hall–Kier alpha value is -0.140. The number of nitrogens with zero attached hydrogens (tertiary/aromatic N) is 2. The van der Waals surface area contributed by atoms with Gasteiger partial charge in [-0.05, 0) is 81.6 Å². The van der Waals surface area contributed by atoms with Gasteiger partial charge in [0.2, 0.25) is 0 Å². The first-order valence-corrected chi connectivity index (χ1v) is 8.04. The lowest BCUT2D eigenvalue weighted by atomic mass is 10.3. The number of benzene rings is 2. The van der Waals surface area contributed by atoms with Gasteiger partial charge >= 0.3 is 0 Å². The van der Waals surface area contributed by atoms with Crippen molar-refractivity contribution in [3.63, 3.8) is 0 Å². The number of halogens is 4. The second kappa shape index (κ2) is 7.04.